The average molecular weight is 298 g/mol. The molecule has 0 aromatic carbocycles. The van der Waals surface area contributed by atoms with Gasteiger partial charge in [0.1, 0.15) is 12.6 Å². The second-order valence-electron chi connectivity index (χ2n) is 5.08. The molecule has 21 heavy (non-hydrogen) atoms. The Morgan fingerprint density at radius 1 is 1.24 bits per heavy atom. The summed E-state index contributed by atoms with van der Waals surface area (Å²) in [5.41, 5.74) is 0. The van der Waals surface area contributed by atoms with Gasteiger partial charge in [-0.3, -0.25) is 14.5 Å². The highest BCUT2D eigenvalue weighted by atomic mass is 16.4. The van der Waals surface area contributed by atoms with E-state index in [2.05, 4.69) is 16.0 Å². The van der Waals surface area contributed by atoms with Crippen molar-refractivity contribution in [1.29, 1.82) is 0 Å². The molecule has 1 aliphatic carbocycles. The fraction of sp³-hybridized carbons (Fsp3) is 0.667. The van der Waals surface area contributed by atoms with E-state index in [1.165, 1.54) is 0 Å². The van der Waals surface area contributed by atoms with Crippen molar-refractivity contribution in [2.24, 2.45) is 5.92 Å². The second-order valence-corrected chi connectivity index (χ2v) is 5.08. The number of carbonyl (C=O) groups is 4. The zero-order valence-corrected chi connectivity index (χ0v) is 11.4. The third-order valence-corrected chi connectivity index (χ3v) is 3.38. The fourth-order valence-corrected chi connectivity index (χ4v) is 2.02. The number of hydrogen-bond donors (Lipinski definition) is 4. The quantitative estimate of drug-likeness (QED) is 0.441. The van der Waals surface area contributed by atoms with Crippen LogP contribution in [0.2, 0.25) is 0 Å². The molecule has 1 unspecified atom stereocenters. The Hall–Kier alpha value is -2.32. The number of aliphatic carboxylic acids is 1. The highest BCUT2D eigenvalue weighted by Crippen LogP contribution is 2.28. The molecule has 1 saturated heterocycles. The molecule has 1 heterocycles. The number of amides is 4. The summed E-state index contributed by atoms with van der Waals surface area (Å²) in [4.78, 5) is 46.6. The van der Waals surface area contributed by atoms with E-state index >= 15 is 0 Å². The lowest BCUT2D eigenvalue weighted by Crippen LogP contribution is -2.61. The van der Waals surface area contributed by atoms with Crippen molar-refractivity contribution >= 4 is 23.8 Å². The molecule has 1 aliphatic heterocycles. The van der Waals surface area contributed by atoms with Crippen molar-refractivity contribution in [3.63, 3.8) is 0 Å². The Bertz CT molecular complexity index is 463. The van der Waals surface area contributed by atoms with E-state index in [1.54, 1.807) is 0 Å². The lowest BCUT2D eigenvalue weighted by Gasteiger charge is -2.32. The molecule has 0 aromatic heterocycles. The fourth-order valence-electron chi connectivity index (χ4n) is 2.02. The molecule has 0 spiro atoms. The van der Waals surface area contributed by atoms with Crippen LogP contribution in [0.4, 0.5) is 4.79 Å². The van der Waals surface area contributed by atoms with Gasteiger partial charge in [0.15, 0.2) is 0 Å². The molecule has 0 bridgehead atoms. The van der Waals surface area contributed by atoms with Crippen LogP contribution >= 0.6 is 0 Å². The number of carbonyl (C=O) groups excluding carboxylic acids is 3. The third-order valence-electron chi connectivity index (χ3n) is 3.38. The normalized spacial score (nSPS) is 21.4. The molecular formula is C12H18N4O5. The summed E-state index contributed by atoms with van der Waals surface area (Å²) in [6.45, 7) is 0.0534. The molecule has 4 amide bonds. The summed E-state index contributed by atoms with van der Waals surface area (Å²) in [5, 5.41) is 16.6. The first kappa shape index (κ1) is 15.1. The lowest BCUT2D eigenvalue weighted by molar-refractivity contribution is -0.144. The van der Waals surface area contributed by atoms with Crippen LogP contribution in [0.15, 0.2) is 0 Å². The number of rotatable bonds is 5. The number of piperazine rings is 1. The molecule has 2 fully saturated rings. The maximum absolute atomic E-state index is 11.9. The van der Waals surface area contributed by atoms with Crippen LogP contribution in [-0.2, 0) is 14.4 Å². The molecule has 2 aliphatic rings. The number of carboxylic acids is 1. The van der Waals surface area contributed by atoms with Crippen molar-refractivity contribution in [3.05, 3.63) is 0 Å². The monoisotopic (exact) mass is 298 g/mol. The molecular weight excluding hydrogens is 280 g/mol. The topological polar surface area (TPSA) is 128 Å². The van der Waals surface area contributed by atoms with Gasteiger partial charge >= 0.3 is 12.0 Å². The van der Waals surface area contributed by atoms with E-state index in [0.29, 0.717) is 0 Å². The third kappa shape index (κ3) is 4.07. The predicted octanol–water partition coefficient (Wildman–Crippen LogP) is -1.89. The van der Waals surface area contributed by atoms with Crippen molar-refractivity contribution in [2.45, 2.75) is 18.9 Å². The van der Waals surface area contributed by atoms with Gasteiger partial charge < -0.3 is 21.1 Å². The smallest absolute Gasteiger partial charge is 0.328 e. The van der Waals surface area contributed by atoms with E-state index in [4.69, 9.17) is 5.11 Å². The average Bonchev–Trinajstić information content (AvgIpc) is 3.27. The number of nitrogens with zero attached hydrogens (tertiary/aromatic N) is 1. The first-order valence-corrected chi connectivity index (χ1v) is 6.80. The number of carboxylic acid groups (broad SMARTS) is 1. The van der Waals surface area contributed by atoms with Crippen molar-refractivity contribution < 1.29 is 24.3 Å². The van der Waals surface area contributed by atoms with Gasteiger partial charge in [-0.05, 0) is 12.8 Å². The van der Waals surface area contributed by atoms with Crippen LogP contribution in [0.1, 0.15) is 12.8 Å². The Labute approximate surface area is 121 Å². The van der Waals surface area contributed by atoms with Crippen molar-refractivity contribution in [3.8, 4) is 0 Å². The minimum absolute atomic E-state index is 0.0231. The van der Waals surface area contributed by atoms with Gasteiger partial charge in [0.05, 0.1) is 0 Å². The minimum Gasteiger partial charge on any atom is -0.480 e. The van der Waals surface area contributed by atoms with Gasteiger partial charge in [-0.1, -0.05) is 0 Å². The predicted molar refractivity (Wildman–Crippen MR) is 70.3 cm³/mol. The molecule has 4 N–H and O–H groups in total. The molecule has 116 valence electrons. The van der Waals surface area contributed by atoms with Crippen LogP contribution in [0.3, 0.4) is 0 Å². The van der Waals surface area contributed by atoms with E-state index in [-0.39, 0.29) is 38.0 Å². The lowest BCUT2D eigenvalue weighted by atomic mass is 10.2. The molecule has 0 radical (unpaired) electrons. The zero-order chi connectivity index (χ0) is 15.4. The largest absolute Gasteiger partial charge is 0.480 e. The molecule has 2 rings (SSSR count). The Morgan fingerprint density at radius 3 is 2.52 bits per heavy atom. The molecule has 1 saturated carbocycles. The SMILES string of the molecule is O=C1CN(C(=O)NCCNC(=O)C2CC2)C(C(=O)O)CN1. The Morgan fingerprint density at radius 2 is 1.90 bits per heavy atom. The van der Waals surface area contributed by atoms with Gasteiger partial charge in [-0.15, -0.1) is 0 Å². The standard InChI is InChI=1S/C12H18N4O5/c17-9-6-16(8(5-15-9)11(19)20)12(21)14-4-3-13-10(18)7-1-2-7/h7-8H,1-6H2,(H,13,18)(H,14,21)(H,15,17)(H,19,20). The molecule has 9 heteroatoms. The van der Waals surface area contributed by atoms with Gasteiger partial charge in [-0.2, -0.15) is 0 Å². The maximum atomic E-state index is 11.9. The van der Waals surface area contributed by atoms with Crippen molar-refractivity contribution in [2.75, 3.05) is 26.2 Å². The van der Waals surface area contributed by atoms with Gasteiger partial charge in [0.25, 0.3) is 0 Å². The maximum Gasteiger partial charge on any atom is 0.328 e. The van der Waals surface area contributed by atoms with E-state index in [1.807, 2.05) is 0 Å². The first-order valence-electron chi connectivity index (χ1n) is 6.80. The van der Waals surface area contributed by atoms with Gasteiger partial charge in [0, 0.05) is 25.6 Å². The Balaban J connectivity index is 1.75. The summed E-state index contributed by atoms with van der Waals surface area (Å²) in [6.07, 6.45) is 1.81. The van der Waals surface area contributed by atoms with Crippen LogP contribution in [-0.4, -0.2) is 66.0 Å². The van der Waals surface area contributed by atoms with E-state index < -0.39 is 23.9 Å². The Kier molecular flexibility index (Phi) is 4.61. The number of urea groups is 1. The summed E-state index contributed by atoms with van der Waals surface area (Å²) in [6, 6.07) is -1.71. The van der Waals surface area contributed by atoms with Crippen molar-refractivity contribution in [1.82, 2.24) is 20.9 Å². The van der Waals surface area contributed by atoms with Crippen LogP contribution in [0.25, 0.3) is 0 Å². The van der Waals surface area contributed by atoms with Gasteiger partial charge in [-0.25, -0.2) is 9.59 Å². The highest BCUT2D eigenvalue weighted by Gasteiger charge is 2.35. The zero-order valence-electron chi connectivity index (χ0n) is 11.4. The minimum atomic E-state index is -1.17. The summed E-state index contributed by atoms with van der Waals surface area (Å²) in [7, 11) is 0. The summed E-state index contributed by atoms with van der Waals surface area (Å²) >= 11 is 0. The van der Waals surface area contributed by atoms with E-state index in [0.717, 1.165) is 17.7 Å². The summed E-state index contributed by atoms with van der Waals surface area (Å²) < 4.78 is 0. The molecule has 9 nitrogen and oxygen atoms in total. The summed E-state index contributed by atoms with van der Waals surface area (Å²) in [5.74, 6) is -1.50. The molecule has 1 atom stereocenters. The van der Waals surface area contributed by atoms with Crippen LogP contribution < -0.4 is 16.0 Å². The highest BCUT2D eigenvalue weighted by molar-refractivity contribution is 5.90. The van der Waals surface area contributed by atoms with Crippen LogP contribution in [0.5, 0.6) is 0 Å². The van der Waals surface area contributed by atoms with E-state index in [9.17, 15) is 19.2 Å². The van der Waals surface area contributed by atoms with Crippen LogP contribution in [0, 0.1) is 5.92 Å². The number of nitrogens with one attached hydrogen (secondary N) is 3. The molecule has 0 aromatic rings. The first-order chi connectivity index (χ1) is 9.99. The van der Waals surface area contributed by atoms with Gasteiger partial charge in [0.2, 0.25) is 11.8 Å². The second kappa shape index (κ2) is 6.42. The number of hydrogen-bond acceptors (Lipinski definition) is 4.